The lowest BCUT2D eigenvalue weighted by Crippen LogP contribution is -2.12. The lowest BCUT2D eigenvalue weighted by Gasteiger charge is -2.09. The third-order valence-corrected chi connectivity index (χ3v) is 2.06. The third-order valence-electron chi connectivity index (χ3n) is 2.06. The van der Waals surface area contributed by atoms with Crippen LogP contribution in [0.3, 0.4) is 0 Å². The molecule has 0 amide bonds. The Morgan fingerprint density at radius 3 is 2.50 bits per heavy atom. The Bertz CT molecular complexity index is 256. The number of hydrogen-bond acceptors (Lipinski definition) is 3. The van der Waals surface area contributed by atoms with Gasteiger partial charge in [0.2, 0.25) is 0 Å². The molecule has 0 saturated carbocycles. The number of aromatic hydroxyl groups is 1. The summed E-state index contributed by atoms with van der Waals surface area (Å²) in [6, 6.07) is 6.87. The predicted molar refractivity (Wildman–Crippen MR) is 54.3 cm³/mol. The van der Waals surface area contributed by atoms with Crippen LogP contribution in [-0.2, 0) is 11.2 Å². The molecule has 0 saturated heterocycles. The fraction of sp³-hybridized carbons (Fsp3) is 0.455. The van der Waals surface area contributed by atoms with Crippen LogP contribution in [0.25, 0.3) is 0 Å². The van der Waals surface area contributed by atoms with Crippen molar-refractivity contribution in [1.29, 1.82) is 0 Å². The summed E-state index contributed by atoms with van der Waals surface area (Å²) in [5, 5.41) is 18.6. The molecule has 1 rings (SSSR count). The maximum absolute atomic E-state index is 9.56. The molecule has 0 aliphatic heterocycles. The highest BCUT2D eigenvalue weighted by Gasteiger charge is 2.04. The van der Waals surface area contributed by atoms with Gasteiger partial charge < -0.3 is 14.9 Å². The van der Waals surface area contributed by atoms with Gasteiger partial charge in [0.25, 0.3) is 0 Å². The fourth-order valence-electron chi connectivity index (χ4n) is 1.26. The Labute approximate surface area is 84.0 Å². The molecule has 1 unspecified atom stereocenters. The molecule has 2 N–H and O–H groups in total. The van der Waals surface area contributed by atoms with Crippen LogP contribution in [0.1, 0.15) is 12.0 Å². The van der Waals surface area contributed by atoms with Gasteiger partial charge in [-0.2, -0.15) is 0 Å². The molecular weight excluding hydrogens is 180 g/mol. The molecule has 1 atom stereocenters. The number of phenols is 1. The molecule has 1 aromatic rings. The van der Waals surface area contributed by atoms with Crippen LogP contribution in [0.4, 0.5) is 0 Å². The van der Waals surface area contributed by atoms with E-state index in [4.69, 9.17) is 9.84 Å². The molecule has 78 valence electrons. The van der Waals surface area contributed by atoms with Gasteiger partial charge in [-0.15, -0.1) is 0 Å². The van der Waals surface area contributed by atoms with E-state index in [1.54, 1.807) is 19.2 Å². The molecule has 0 fully saturated rings. The Hall–Kier alpha value is -1.06. The fourth-order valence-corrected chi connectivity index (χ4v) is 1.26. The van der Waals surface area contributed by atoms with Crippen LogP contribution in [0, 0.1) is 0 Å². The summed E-state index contributed by atoms with van der Waals surface area (Å²) in [5.41, 5.74) is 1.02. The second-order valence-corrected chi connectivity index (χ2v) is 3.31. The van der Waals surface area contributed by atoms with E-state index in [2.05, 4.69) is 0 Å². The van der Waals surface area contributed by atoms with E-state index in [-0.39, 0.29) is 11.9 Å². The lowest BCUT2D eigenvalue weighted by atomic mass is 10.1. The molecule has 0 radical (unpaired) electrons. The number of aliphatic hydroxyl groups excluding tert-OH is 1. The minimum atomic E-state index is -0.375. The third kappa shape index (κ3) is 3.77. The van der Waals surface area contributed by atoms with Crippen molar-refractivity contribution in [3.63, 3.8) is 0 Å². The van der Waals surface area contributed by atoms with Gasteiger partial charge in [0.15, 0.2) is 0 Å². The number of rotatable bonds is 5. The van der Waals surface area contributed by atoms with Crippen molar-refractivity contribution in [1.82, 2.24) is 0 Å². The van der Waals surface area contributed by atoms with Gasteiger partial charge >= 0.3 is 0 Å². The summed E-state index contributed by atoms with van der Waals surface area (Å²) in [4.78, 5) is 0. The average Bonchev–Trinajstić information content (AvgIpc) is 2.18. The van der Waals surface area contributed by atoms with Gasteiger partial charge in [-0.1, -0.05) is 12.1 Å². The number of ether oxygens (including phenoxy) is 1. The quantitative estimate of drug-likeness (QED) is 0.747. The van der Waals surface area contributed by atoms with E-state index in [9.17, 15) is 5.11 Å². The number of hydrogen-bond donors (Lipinski definition) is 2. The van der Waals surface area contributed by atoms with Crippen LogP contribution in [0.5, 0.6) is 5.75 Å². The van der Waals surface area contributed by atoms with Crippen molar-refractivity contribution >= 4 is 0 Å². The molecule has 0 heterocycles. The number of aliphatic hydroxyl groups is 1. The molecule has 0 aromatic heterocycles. The highest BCUT2D eigenvalue weighted by Crippen LogP contribution is 2.12. The van der Waals surface area contributed by atoms with Crippen molar-refractivity contribution in [3.05, 3.63) is 29.8 Å². The monoisotopic (exact) mass is 196 g/mol. The summed E-state index contributed by atoms with van der Waals surface area (Å²) in [5.74, 6) is 0.250. The summed E-state index contributed by atoms with van der Waals surface area (Å²) in [7, 11) is 1.62. The van der Waals surface area contributed by atoms with Crippen LogP contribution in [0.2, 0.25) is 0 Å². The van der Waals surface area contributed by atoms with Crippen molar-refractivity contribution in [2.24, 2.45) is 0 Å². The standard InChI is InChI=1S/C11H16O3/c1-14-7-6-11(13)8-9-2-4-10(12)5-3-9/h2-5,11-13H,6-8H2,1H3. The zero-order valence-electron chi connectivity index (χ0n) is 8.31. The molecule has 1 aromatic carbocycles. The van der Waals surface area contributed by atoms with Crippen LogP contribution >= 0.6 is 0 Å². The van der Waals surface area contributed by atoms with E-state index in [1.807, 2.05) is 12.1 Å². The molecule has 14 heavy (non-hydrogen) atoms. The Morgan fingerprint density at radius 2 is 1.93 bits per heavy atom. The van der Waals surface area contributed by atoms with E-state index < -0.39 is 0 Å². The maximum Gasteiger partial charge on any atom is 0.115 e. The van der Waals surface area contributed by atoms with Crippen LogP contribution < -0.4 is 0 Å². The van der Waals surface area contributed by atoms with E-state index in [1.165, 1.54) is 0 Å². The van der Waals surface area contributed by atoms with Crippen LogP contribution in [0.15, 0.2) is 24.3 Å². The second kappa shape index (κ2) is 5.62. The summed E-state index contributed by atoms with van der Waals surface area (Å²) < 4.78 is 4.87. The summed E-state index contributed by atoms with van der Waals surface area (Å²) in [6.45, 7) is 0.569. The van der Waals surface area contributed by atoms with Crippen LogP contribution in [-0.4, -0.2) is 30.0 Å². The summed E-state index contributed by atoms with van der Waals surface area (Å²) >= 11 is 0. The zero-order valence-corrected chi connectivity index (χ0v) is 8.31. The Balaban J connectivity index is 2.39. The first-order chi connectivity index (χ1) is 6.72. The van der Waals surface area contributed by atoms with Crippen molar-refractivity contribution in [2.75, 3.05) is 13.7 Å². The highest BCUT2D eigenvalue weighted by molar-refractivity contribution is 5.26. The molecular formula is C11H16O3. The van der Waals surface area contributed by atoms with E-state index in [0.29, 0.717) is 19.4 Å². The SMILES string of the molecule is COCCC(O)Cc1ccc(O)cc1. The van der Waals surface area contributed by atoms with Gasteiger partial charge in [0.05, 0.1) is 6.10 Å². The number of methoxy groups -OCH3 is 1. The van der Waals surface area contributed by atoms with Gasteiger partial charge in [-0.05, 0) is 30.5 Å². The predicted octanol–water partition coefficient (Wildman–Crippen LogP) is 1.33. The van der Waals surface area contributed by atoms with E-state index >= 15 is 0 Å². The molecule has 0 aliphatic carbocycles. The number of benzene rings is 1. The molecule has 0 aliphatic rings. The van der Waals surface area contributed by atoms with Gasteiger partial charge in [-0.3, -0.25) is 0 Å². The zero-order chi connectivity index (χ0) is 10.4. The van der Waals surface area contributed by atoms with Gasteiger partial charge in [-0.25, -0.2) is 0 Å². The molecule has 0 bridgehead atoms. The van der Waals surface area contributed by atoms with Gasteiger partial charge in [0.1, 0.15) is 5.75 Å². The number of phenolic OH excluding ortho intramolecular Hbond substituents is 1. The molecule has 3 nitrogen and oxygen atoms in total. The first-order valence-corrected chi connectivity index (χ1v) is 4.67. The maximum atomic E-state index is 9.56. The Morgan fingerprint density at radius 1 is 1.29 bits per heavy atom. The van der Waals surface area contributed by atoms with Crippen molar-refractivity contribution < 1.29 is 14.9 Å². The first-order valence-electron chi connectivity index (χ1n) is 4.67. The normalized spacial score (nSPS) is 12.7. The van der Waals surface area contributed by atoms with Gasteiger partial charge in [0, 0.05) is 13.7 Å². The molecule has 3 heteroatoms. The first kappa shape index (κ1) is 11.0. The minimum Gasteiger partial charge on any atom is -0.508 e. The van der Waals surface area contributed by atoms with Crippen molar-refractivity contribution in [3.8, 4) is 5.75 Å². The van der Waals surface area contributed by atoms with E-state index in [0.717, 1.165) is 5.56 Å². The largest absolute Gasteiger partial charge is 0.508 e. The second-order valence-electron chi connectivity index (χ2n) is 3.31. The average molecular weight is 196 g/mol. The minimum absolute atomic E-state index is 0.250. The van der Waals surface area contributed by atoms with Crippen molar-refractivity contribution in [2.45, 2.75) is 18.9 Å². The Kier molecular flexibility index (Phi) is 4.43. The highest BCUT2D eigenvalue weighted by atomic mass is 16.5. The smallest absolute Gasteiger partial charge is 0.115 e. The topological polar surface area (TPSA) is 49.7 Å². The summed E-state index contributed by atoms with van der Waals surface area (Å²) in [6.07, 6.45) is 0.862. The lowest BCUT2D eigenvalue weighted by molar-refractivity contribution is 0.110. The molecule has 0 spiro atoms.